The van der Waals surface area contributed by atoms with Crippen LogP contribution in [0.1, 0.15) is 5.69 Å². The molecular formula is C15H14F2N4O2S. The summed E-state index contributed by atoms with van der Waals surface area (Å²) in [7, 11) is -1.24. The number of aromatic nitrogens is 3. The third-order valence-corrected chi connectivity index (χ3v) is 5.48. The van der Waals surface area contributed by atoms with Gasteiger partial charge in [0.1, 0.15) is 16.5 Å². The van der Waals surface area contributed by atoms with E-state index in [0.29, 0.717) is 21.0 Å². The minimum Gasteiger partial charge on any atom is -0.266 e. The van der Waals surface area contributed by atoms with Gasteiger partial charge in [0.05, 0.1) is 11.4 Å². The first-order valence-electron chi connectivity index (χ1n) is 6.95. The number of hydrogen-bond acceptors (Lipinski definition) is 4. The Morgan fingerprint density at radius 3 is 2.62 bits per heavy atom. The van der Waals surface area contributed by atoms with E-state index < -0.39 is 21.7 Å². The predicted molar refractivity (Wildman–Crippen MR) is 85.2 cm³/mol. The minimum absolute atomic E-state index is 0.128. The normalized spacial score (nSPS) is 11.9. The number of benzene rings is 1. The van der Waals surface area contributed by atoms with E-state index in [0.717, 1.165) is 25.2 Å². The lowest BCUT2D eigenvalue weighted by Gasteiger charge is -2.20. The van der Waals surface area contributed by atoms with Crippen molar-refractivity contribution in [3.05, 3.63) is 47.8 Å². The van der Waals surface area contributed by atoms with Gasteiger partial charge < -0.3 is 0 Å². The highest BCUT2D eigenvalue weighted by molar-refractivity contribution is 7.92. The molecule has 3 aromatic rings. The van der Waals surface area contributed by atoms with Crippen LogP contribution in [-0.4, -0.2) is 30.2 Å². The highest BCUT2D eigenvalue weighted by Gasteiger charge is 2.25. The number of aryl methyl sites for hydroxylation is 2. The second-order valence-electron chi connectivity index (χ2n) is 5.32. The molecule has 0 aliphatic carbocycles. The lowest BCUT2D eigenvalue weighted by atomic mass is 10.3. The Bertz CT molecular complexity index is 1050. The van der Waals surface area contributed by atoms with Gasteiger partial charge in [-0.1, -0.05) is 0 Å². The number of sulfonamides is 1. The highest BCUT2D eigenvalue weighted by atomic mass is 32.2. The van der Waals surface area contributed by atoms with Gasteiger partial charge in [-0.3, -0.25) is 8.99 Å². The van der Waals surface area contributed by atoms with Crippen LogP contribution in [0.15, 0.2) is 35.4 Å². The van der Waals surface area contributed by atoms with Gasteiger partial charge in [-0.25, -0.2) is 22.2 Å². The molecule has 0 spiro atoms. The molecule has 6 nitrogen and oxygen atoms in total. The molecule has 0 N–H and O–H groups in total. The number of rotatable bonds is 3. The van der Waals surface area contributed by atoms with E-state index in [4.69, 9.17) is 0 Å². The first kappa shape index (κ1) is 16.3. The lowest BCUT2D eigenvalue weighted by molar-refractivity contribution is 0.585. The zero-order chi connectivity index (χ0) is 17.6. The quantitative estimate of drug-likeness (QED) is 0.726. The topological polar surface area (TPSA) is 68.1 Å². The first-order valence-corrected chi connectivity index (χ1v) is 8.39. The molecule has 0 bridgehead atoms. The van der Waals surface area contributed by atoms with Crippen molar-refractivity contribution in [1.82, 2.24) is 14.8 Å². The van der Waals surface area contributed by atoms with E-state index in [1.165, 1.54) is 16.9 Å². The van der Waals surface area contributed by atoms with Crippen molar-refractivity contribution < 1.29 is 17.2 Å². The Morgan fingerprint density at radius 1 is 1.21 bits per heavy atom. The van der Waals surface area contributed by atoms with Crippen LogP contribution in [-0.2, 0) is 17.1 Å². The van der Waals surface area contributed by atoms with Crippen molar-refractivity contribution in [1.29, 1.82) is 0 Å². The van der Waals surface area contributed by atoms with Crippen molar-refractivity contribution in [3.8, 4) is 0 Å². The van der Waals surface area contributed by atoms with E-state index in [2.05, 4.69) is 10.1 Å². The fourth-order valence-corrected chi connectivity index (χ4v) is 3.61. The zero-order valence-electron chi connectivity index (χ0n) is 13.2. The van der Waals surface area contributed by atoms with E-state index in [1.54, 1.807) is 14.0 Å². The predicted octanol–water partition coefficient (Wildman–Crippen LogP) is 2.38. The molecule has 0 atom stereocenters. The first-order chi connectivity index (χ1) is 11.2. The minimum atomic E-state index is -4.10. The van der Waals surface area contributed by atoms with E-state index >= 15 is 0 Å². The van der Waals surface area contributed by atoms with Gasteiger partial charge in [0.2, 0.25) is 0 Å². The molecular weight excluding hydrogens is 338 g/mol. The summed E-state index contributed by atoms with van der Waals surface area (Å²) in [5, 5.41) is 4.75. The largest absolute Gasteiger partial charge is 0.266 e. The molecule has 0 unspecified atom stereocenters. The fraction of sp³-hybridized carbons (Fsp3) is 0.200. The highest BCUT2D eigenvalue weighted by Crippen LogP contribution is 2.27. The summed E-state index contributed by atoms with van der Waals surface area (Å²) in [5.41, 5.74) is 0.778. The molecule has 0 aliphatic heterocycles. The Morgan fingerprint density at radius 2 is 1.92 bits per heavy atom. The van der Waals surface area contributed by atoms with Gasteiger partial charge in [0, 0.05) is 31.7 Å². The van der Waals surface area contributed by atoms with Gasteiger partial charge in [0.25, 0.3) is 10.0 Å². The number of anilines is 1. The number of hydrogen-bond donors (Lipinski definition) is 0. The van der Waals surface area contributed by atoms with Crippen LogP contribution in [0.25, 0.3) is 11.0 Å². The van der Waals surface area contributed by atoms with Gasteiger partial charge in [-0.05, 0) is 25.1 Å². The van der Waals surface area contributed by atoms with Crippen LogP contribution in [0.5, 0.6) is 0 Å². The Labute approximate surface area is 137 Å². The molecule has 3 rings (SSSR count). The van der Waals surface area contributed by atoms with Crippen LogP contribution in [0.4, 0.5) is 14.5 Å². The van der Waals surface area contributed by atoms with E-state index in [1.807, 2.05) is 0 Å². The molecule has 2 aromatic heterocycles. The molecule has 0 fully saturated rings. The van der Waals surface area contributed by atoms with Crippen LogP contribution in [0.2, 0.25) is 0 Å². The Hall–Kier alpha value is -2.55. The van der Waals surface area contributed by atoms with Crippen molar-refractivity contribution >= 4 is 26.7 Å². The summed E-state index contributed by atoms with van der Waals surface area (Å²) in [5.74, 6) is -1.57. The van der Waals surface area contributed by atoms with Crippen molar-refractivity contribution in [2.75, 3.05) is 11.4 Å². The second kappa shape index (κ2) is 5.52. The van der Waals surface area contributed by atoms with Gasteiger partial charge in [-0.2, -0.15) is 5.10 Å². The number of fused-ring (bicyclic) bond motifs is 1. The van der Waals surface area contributed by atoms with Crippen molar-refractivity contribution in [2.24, 2.45) is 7.05 Å². The average molecular weight is 352 g/mol. The summed E-state index contributed by atoms with van der Waals surface area (Å²) in [4.78, 5) is 3.98. The summed E-state index contributed by atoms with van der Waals surface area (Å²) in [6.07, 6.45) is 1.17. The lowest BCUT2D eigenvalue weighted by Crippen LogP contribution is -2.27. The zero-order valence-corrected chi connectivity index (χ0v) is 14.0. The maximum atomic E-state index is 13.9. The molecule has 1 aromatic carbocycles. The third kappa shape index (κ3) is 2.50. The van der Waals surface area contributed by atoms with Crippen LogP contribution < -0.4 is 4.31 Å². The molecule has 24 heavy (non-hydrogen) atoms. The summed E-state index contributed by atoms with van der Waals surface area (Å²) in [6.45, 7) is 1.73. The van der Waals surface area contributed by atoms with Crippen molar-refractivity contribution in [2.45, 2.75) is 11.8 Å². The molecule has 0 saturated carbocycles. The van der Waals surface area contributed by atoms with Gasteiger partial charge in [0.15, 0.2) is 5.65 Å². The van der Waals surface area contributed by atoms with Crippen LogP contribution >= 0.6 is 0 Å². The Balaban J connectivity index is 2.13. The maximum Gasteiger partial charge on any atom is 0.265 e. The number of nitrogens with zero attached hydrogens (tertiary/aromatic N) is 4. The standard InChI is InChI=1S/C15H14F2N4O2S/c1-9-12-7-11(8-18-15(12)20(2)19-9)24(22,23)21(3)14-6-10(16)4-5-13(14)17/h4-8H,1-3H3. The molecule has 2 heterocycles. The number of halogens is 2. The molecule has 0 amide bonds. The third-order valence-electron chi connectivity index (χ3n) is 3.74. The monoisotopic (exact) mass is 352 g/mol. The maximum absolute atomic E-state index is 13.9. The SMILES string of the molecule is Cc1nn(C)c2ncc(S(=O)(=O)N(C)c3cc(F)ccc3F)cc12. The summed E-state index contributed by atoms with van der Waals surface area (Å²) >= 11 is 0. The number of pyridine rings is 1. The average Bonchev–Trinajstić information content (AvgIpc) is 2.83. The smallest absolute Gasteiger partial charge is 0.265 e. The fourth-order valence-electron chi connectivity index (χ4n) is 2.44. The molecule has 0 saturated heterocycles. The molecule has 9 heteroatoms. The van der Waals surface area contributed by atoms with Crippen LogP contribution in [0.3, 0.4) is 0 Å². The molecule has 0 radical (unpaired) electrons. The summed E-state index contributed by atoms with van der Waals surface area (Å²) < 4.78 is 54.9. The summed E-state index contributed by atoms with van der Waals surface area (Å²) in [6, 6.07) is 4.05. The van der Waals surface area contributed by atoms with Gasteiger partial charge >= 0.3 is 0 Å². The van der Waals surface area contributed by atoms with E-state index in [9.17, 15) is 17.2 Å². The Kier molecular flexibility index (Phi) is 3.75. The van der Waals surface area contributed by atoms with Crippen molar-refractivity contribution in [3.63, 3.8) is 0 Å². The van der Waals surface area contributed by atoms with E-state index in [-0.39, 0.29) is 10.6 Å². The molecule has 126 valence electrons. The molecule has 0 aliphatic rings. The van der Waals surface area contributed by atoms with Gasteiger partial charge in [-0.15, -0.1) is 0 Å². The second-order valence-corrected chi connectivity index (χ2v) is 7.29. The van der Waals surface area contributed by atoms with Crippen LogP contribution in [0, 0.1) is 18.6 Å².